The second-order valence-corrected chi connectivity index (χ2v) is 11.3. The van der Waals surface area contributed by atoms with E-state index < -0.39 is 0 Å². The van der Waals surface area contributed by atoms with Crippen molar-refractivity contribution in [3.63, 3.8) is 0 Å². The number of aromatic nitrogens is 2. The maximum absolute atomic E-state index is 11.5. The highest BCUT2D eigenvalue weighted by Gasteiger charge is 2.60. The second-order valence-electron chi connectivity index (χ2n) is 11.3. The first-order valence-corrected chi connectivity index (χ1v) is 12.3. The predicted molar refractivity (Wildman–Crippen MR) is 121 cm³/mol. The molecule has 1 aromatic carbocycles. The number of nitrogens with zero attached hydrogens (tertiary/aromatic N) is 2. The molecule has 3 fully saturated rings. The van der Waals surface area contributed by atoms with E-state index >= 15 is 0 Å². The zero-order chi connectivity index (χ0) is 21.4. The lowest BCUT2D eigenvalue weighted by atomic mass is 9.45. The van der Waals surface area contributed by atoms with Gasteiger partial charge in [-0.2, -0.15) is 0 Å². The van der Waals surface area contributed by atoms with Crippen LogP contribution in [-0.2, 0) is 21.4 Å². The monoisotopic (exact) mass is 418 g/mol. The topological polar surface area (TPSA) is 52.1 Å². The summed E-state index contributed by atoms with van der Waals surface area (Å²) in [6.45, 7) is 6.60. The molecule has 6 rings (SSSR count). The van der Waals surface area contributed by atoms with Gasteiger partial charge >= 0.3 is 5.97 Å². The number of rotatable bonds is 1. The van der Waals surface area contributed by atoms with Gasteiger partial charge < -0.3 is 4.74 Å². The average Bonchev–Trinajstić information content (AvgIpc) is 3.04. The highest BCUT2D eigenvalue weighted by atomic mass is 16.5. The van der Waals surface area contributed by atoms with Crippen LogP contribution in [0.25, 0.3) is 11.0 Å². The van der Waals surface area contributed by atoms with Crippen LogP contribution in [0.3, 0.4) is 0 Å². The van der Waals surface area contributed by atoms with Gasteiger partial charge in [0.2, 0.25) is 0 Å². The molecular formula is C27H34N2O2. The lowest BCUT2D eigenvalue weighted by Gasteiger charge is -2.60. The Kier molecular flexibility index (Phi) is 4.30. The molecular weight excluding hydrogens is 384 g/mol. The van der Waals surface area contributed by atoms with Crippen LogP contribution in [0, 0.1) is 29.1 Å². The molecule has 4 aliphatic carbocycles. The van der Waals surface area contributed by atoms with Crippen LogP contribution in [0.2, 0.25) is 0 Å². The van der Waals surface area contributed by atoms with Gasteiger partial charge in [0.1, 0.15) is 6.10 Å². The van der Waals surface area contributed by atoms with Gasteiger partial charge in [0.25, 0.3) is 0 Å². The summed E-state index contributed by atoms with van der Waals surface area (Å²) in [4.78, 5) is 21.8. The number of hydrogen-bond acceptors (Lipinski definition) is 4. The summed E-state index contributed by atoms with van der Waals surface area (Å²) in [6.07, 6.45) is 9.66. The highest BCUT2D eigenvalue weighted by molar-refractivity contribution is 5.74. The summed E-state index contributed by atoms with van der Waals surface area (Å²) in [5.41, 5.74) is 5.20. The van der Waals surface area contributed by atoms with Crippen LogP contribution in [0.1, 0.15) is 77.1 Å². The minimum Gasteiger partial charge on any atom is -0.463 e. The van der Waals surface area contributed by atoms with Gasteiger partial charge in [0.05, 0.1) is 22.4 Å². The van der Waals surface area contributed by atoms with Crippen molar-refractivity contribution in [3.8, 4) is 0 Å². The van der Waals surface area contributed by atoms with E-state index in [1.54, 1.807) is 6.92 Å². The van der Waals surface area contributed by atoms with Crippen LogP contribution in [0.4, 0.5) is 0 Å². The normalized spacial score (nSPS) is 41.1. The summed E-state index contributed by atoms with van der Waals surface area (Å²) in [5.74, 6) is 2.79. The Hall–Kier alpha value is -1.97. The summed E-state index contributed by atoms with van der Waals surface area (Å²) in [7, 11) is 0. The number of fused-ring (bicyclic) bond motifs is 8. The second kappa shape index (κ2) is 6.76. The number of ether oxygens (including phenoxy) is 1. The van der Waals surface area contributed by atoms with Gasteiger partial charge in [-0.3, -0.25) is 4.79 Å². The van der Waals surface area contributed by atoms with Crippen molar-refractivity contribution in [1.29, 1.82) is 0 Å². The van der Waals surface area contributed by atoms with Crippen molar-refractivity contribution in [1.82, 2.24) is 9.97 Å². The molecule has 0 saturated heterocycles. The molecule has 3 saturated carbocycles. The third-order valence-electron chi connectivity index (χ3n) is 9.94. The molecule has 0 N–H and O–H groups in total. The molecule has 0 amide bonds. The van der Waals surface area contributed by atoms with Crippen LogP contribution in [0.5, 0.6) is 0 Å². The van der Waals surface area contributed by atoms with Gasteiger partial charge in [-0.1, -0.05) is 26.0 Å². The summed E-state index contributed by atoms with van der Waals surface area (Å²) < 4.78 is 5.63. The zero-order valence-corrected chi connectivity index (χ0v) is 19.1. The largest absolute Gasteiger partial charge is 0.463 e. The van der Waals surface area contributed by atoms with E-state index in [9.17, 15) is 4.79 Å². The Morgan fingerprint density at radius 1 is 1.00 bits per heavy atom. The first-order chi connectivity index (χ1) is 14.9. The number of esters is 1. The van der Waals surface area contributed by atoms with Gasteiger partial charge in [0, 0.05) is 12.3 Å². The molecule has 7 atom stereocenters. The SMILES string of the molecule is CC(=O)OC1CC[C@]2(C)C3CC[C@]4(C)c5nc6ccccc6nc5C[C@H]4C3CC[C@@H]2C1. The van der Waals surface area contributed by atoms with Gasteiger partial charge in [-0.15, -0.1) is 0 Å². The molecule has 3 unspecified atom stereocenters. The molecule has 4 aliphatic rings. The third-order valence-corrected chi connectivity index (χ3v) is 9.94. The molecule has 0 aliphatic heterocycles. The predicted octanol–water partition coefficient (Wildman–Crippen LogP) is 5.62. The van der Waals surface area contributed by atoms with Gasteiger partial charge in [0.15, 0.2) is 0 Å². The van der Waals surface area contributed by atoms with E-state index in [0.29, 0.717) is 17.3 Å². The molecule has 31 heavy (non-hydrogen) atoms. The molecule has 2 aromatic rings. The van der Waals surface area contributed by atoms with Crippen LogP contribution >= 0.6 is 0 Å². The summed E-state index contributed by atoms with van der Waals surface area (Å²) in [6, 6.07) is 8.35. The van der Waals surface area contributed by atoms with Crippen molar-refractivity contribution < 1.29 is 9.53 Å². The minimum atomic E-state index is -0.119. The van der Waals surface area contributed by atoms with Crippen LogP contribution < -0.4 is 0 Å². The van der Waals surface area contributed by atoms with E-state index in [0.717, 1.165) is 42.1 Å². The molecule has 1 heterocycles. The number of carbonyl (C=O) groups is 1. The maximum atomic E-state index is 11.5. The highest BCUT2D eigenvalue weighted by Crippen LogP contribution is 2.65. The molecule has 164 valence electrons. The fourth-order valence-electron chi connectivity index (χ4n) is 8.40. The lowest BCUT2D eigenvalue weighted by Crippen LogP contribution is -2.54. The van der Waals surface area contributed by atoms with Crippen molar-refractivity contribution in [2.75, 3.05) is 0 Å². The van der Waals surface area contributed by atoms with Gasteiger partial charge in [-0.25, -0.2) is 9.97 Å². The number of para-hydroxylation sites is 2. The minimum absolute atomic E-state index is 0.119. The Labute approximate surface area is 185 Å². The molecule has 1 aromatic heterocycles. The quantitative estimate of drug-likeness (QED) is 0.564. The fourth-order valence-corrected chi connectivity index (χ4v) is 8.40. The first kappa shape index (κ1) is 19.7. The zero-order valence-electron chi connectivity index (χ0n) is 19.1. The van der Waals surface area contributed by atoms with Gasteiger partial charge in [-0.05, 0) is 92.6 Å². The molecule has 4 nitrogen and oxygen atoms in total. The summed E-state index contributed by atoms with van der Waals surface area (Å²) in [5, 5.41) is 0. The van der Waals surface area contributed by atoms with E-state index in [1.165, 1.54) is 43.5 Å². The Balaban J connectivity index is 1.30. The van der Waals surface area contributed by atoms with Crippen LogP contribution in [-0.4, -0.2) is 22.0 Å². The van der Waals surface area contributed by atoms with E-state index in [-0.39, 0.29) is 17.5 Å². The standard InChI is InChI=1S/C27H34N2O2/c1-16(30)31-18-10-12-26(2)17(14-18)8-9-19-20(26)11-13-27(3)21(19)15-24-25(27)29-23-7-5-4-6-22(23)28-24/h4-7,17-21H,8-15H2,1-3H3/t17-,18?,19?,20?,21+,26+,27+/m1/s1. The smallest absolute Gasteiger partial charge is 0.302 e. The Morgan fingerprint density at radius 3 is 2.55 bits per heavy atom. The Morgan fingerprint density at radius 2 is 1.77 bits per heavy atom. The van der Waals surface area contributed by atoms with E-state index in [2.05, 4.69) is 38.1 Å². The molecule has 4 heteroatoms. The fraction of sp³-hybridized carbons (Fsp3) is 0.667. The Bertz CT molecular complexity index is 1050. The molecule has 0 bridgehead atoms. The number of hydrogen-bond donors (Lipinski definition) is 0. The first-order valence-electron chi connectivity index (χ1n) is 12.3. The summed E-state index contributed by atoms with van der Waals surface area (Å²) >= 11 is 0. The van der Waals surface area contributed by atoms with Crippen molar-refractivity contribution >= 4 is 17.0 Å². The maximum Gasteiger partial charge on any atom is 0.302 e. The van der Waals surface area contributed by atoms with Crippen LogP contribution in [0.15, 0.2) is 24.3 Å². The van der Waals surface area contributed by atoms with E-state index in [4.69, 9.17) is 14.7 Å². The van der Waals surface area contributed by atoms with Crippen molar-refractivity contribution in [3.05, 3.63) is 35.7 Å². The molecule has 0 radical (unpaired) electrons. The van der Waals surface area contributed by atoms with Crippen molar-refractivity contribution in [2.45, 2.75) is 83.7 Å². The van der Waals surface area contributed by atoms with Crippen molar-refractivity contribution in [2.24, 2.45) is 29.1 Å². The van der Waals surface area contributed by atoms with E-state index in [1.807, 2.05) is 0 Å². The average molecular weight is 419 g/mol. The number of benzene rings is 1. The lowest BCUT2D eigenvalue weighted by molar-refractivity contribution is -0.157. The molecule has 0 spiro atoms. The number of carbonyl (C=O) groups excluding carboxylic acids is 1. The third kappa shape index (κ3) is 2.82.